The van der Waals surface area contributed by atoms with Crippen LogP contribution in [0.5, 0.6) is 0 Å². The summed E-state index contributed by atoms with van der Waals surface area (Å²) >= 11 is 0. The lowest BCUT2D eigenvalue weighted by atomic mass is 9.81. The fourth-order valence-corrected chi connectivity index (χ4v) is 2.41. The summed E-state index contributed by atoms with van der Waals surface area (Å²) in [5.74, 6) is 2.39. The van der Waals surface area contributed by atoms with Crippen molar-refractivity contribution >= 4 is 5.96 Å². The Bertz CT molecular complexity index is 245. The van der Waals surface area contributed by atoms with E-state index < -0.39 is 0 Å². The molecule has 0 unspecified atom stereocenters. The molecule has 3 N–H and O–H groups in total. The molecule has 0 bridgehead atoms. The zero-order valence-corrected chi connectivity index (χ0v) is 11.9. The van der Waals surface area contributed by atoms with Crippen molar-refractivity contribution in [1.29, 1.82) is 0 Å². The number of aliphatic imine (C=N–C) groups is 1. The Balaban J connectivity index is 2.20. The molecular weight excluding hydrogens is 210 g/mol. The fourth-order valence-electron chi connectivity index (χ4n) is 2.41. The van der Waals surface area contributed by atoms with Crippen LogP contribution in [0.3, 0.4) is 0 Å². The van der Waals surface area contributed by atoms with Crippen molar-refractivity contribution in [3.05, 3.63) is 0 Å². The maximum Gasteiger partial charge on any atom is 0.188 e. The number of nitrogens with two attached hydrogens (primary N) is 1. The highest BCUT2D eigenvalue weighted by Crippen LogP contribution is 2.30. The van der Waals surface area contributed by atoms with E-state index in [9.17, 15) is 0 Å². The second-order valence-corrected chi connectivity index (χ2v) is 6.56. The minimum Gasteiger partial charge on any atom is -0.370 e. The summed E-state index contributed by atoms with van der Waals surface area (Å²) in [5.41, 5.74) is 5.84. The van der Waals surface area contributed by atoms with E-state index in [1.165, 1.54) is 32.1 Å². The van der Waals surface area contributed by atoms with E-state index >= 15 is 0 Å². The highest BCUT2D eigenvalue weighted by Gasteiger charge is 2.17. The van der Waals surface area contributed by atoms with Gasteiger partial charge in [-0.3, -0.25) is 4.99 Å². The summed E-state index contributed by atoms with van der Waals surface area (Å²) in [4.78, 5) is 4.41. The van der Waals surface area contributed by atoms with Crippen molar-refractivity contribution < 1.29 is 0 Å². The molecule has 3 heteroatoms. The predicted molar refractivity (Wildman–Crippen MR) is 75.1 cm³/mol. The second-order valence-electron chi connectivity index (χ2n) is 6.56. The molecule has 100 valence electrons. The molecule has 3 nitrogen and oxygen atoms in total. The maximum atomic E-state index is 5.84. The number of guanidine groups is 1. The maximum absolute atomic E-state index is 5.84. The summed E-state index contributed by atoms with van der Waals surface area (Å²) in [7, 11) is 0. The molecule has 0 aromatic heterocycles. The van der Waals surface area contributed by atoms with Crippen LogP contribution in [0.1, 0.15) is 59.8 Å². The van der Waals surface area contributed by atoms with E-state index in [0.717, 1.165) is 18.4 Å². The smallest absolute Gasteiger partial charge is 0.188 e. The molecule has 0 amide bonds. The van der Waals surface area contributed by atoms with Crippen LogP contribution in [0.2, 0.25) is 0 Å². The van der Waals surface area contributed by atoms with E-state index in [1.54, 1.807) is 0 Å². The van der Waals surface area contributed by atoms with Gasteiger partial charge in [-0.15, -0.1) is 0 Å². The standard InChI is InChI=1S/C14H29N3/c1-11-5-7-12(8-6-11)9-10-16-13(15)17-14(2,3)4/h11-12H,5-10H2,1-4H3,(H3,15,16,17). The Labute approximate surface area is 106 Å². The summed E-state index contributed by atoms with van der Waals surface area (Å²) in [6.07, 6.45) is 6.74. The number of hydrogen-bond acceptors (Lipinski definition) is 1. The average Bonchev–Trinajstić information content (AvgIpc) is 2.18. The molecule has 0 aromatic rings. The summed E-state index contributed by atoms with van der Waals surface area (Å²) in [6.45, 7) is 9.52. The molecule has 0 radical (unpaired) electrons. The third kappa shape index (κ3) is 6.54. The van der Waals surface area contributed by atoms with Gasteiger partial charge >= 0.3 is 0 Å². The number of rotatable bonds is 3. The highest BCUT2D eigenvalue weighted by atomic mass is 15.1. The number of nitrogens with zero attached hydrogens (tertiary/aromatic N) is 1. The van der Waals surface area contributed by atoms with Gasteiger partial charge in [0.2, 0.25) is 0 Å². The molecule has 0 heterocycles. The van der Waals surface area contributed by atoms with E-state index in [4.69, 9.17) is 5.73 Å². The van der Waals surface area contributed by atoms with E-state index in [0.29, 0.717) is 5.96 Å². The first kappa shape index (κ1) is 14.3. The van der Waals surface area contributed by atoms with Gasteiger partial charge in [0.1, 0.15) is 0 Å². The van der Waals surface area contributed by atoms with Gasteiger partial charge in [0, 0.05) is 12.1 Å². The topological polar surface area (TPSA) is 50.4 Å². The fraction of sp³-hybridized carbons (Fsp3) is 0.929. The Morgan fingerprint density at radius 1 is 1.24 bits per heavy atom. The van der Waals surface area contributed by atoms with E-state index in [-0.39, 0.29) is 5.54 Å². The average molecular weight is 239 g/mol. The molecular formula is C14H29N3. The molecule has 1 rings (SSSR count). The SMILES string of the molecule is CC1CCC(CCN=C(N)NC(C)(C)C)CC1. The molecule has 1 aliphatic carbocycles. The molecule has 1 saturated carbocycles. The van der Waals surface area contributed by atoms with Gasteiger partial charge in [-0.2, -0.15) is 0 Å². The molecule has 0 spiro atoms. The second kappa shape index (κ2) is 6.27. The molecule has 0 atom stereocenters. The first-order valence-corrected chi connectivity index (χ1v) is 6.95. The van der Waals surface area contributed by atoms with Gasteiger partial charge in [0.25, 0.3) is 0 Å². The quantitative estimate of drug-likeness (QED) is 0.588. The monoisotopic (exact) mass is 239 g/mol. The van der Waals surface area contributed by atoms with Crippen molar-refractivity contribution in [3.63, 3.8) is 0 Å². The molecule has 1 fully saturated rings. The lowest BCUT2D eigenvalue weighted by Gasteiger charge is -2.25. The van der Waals surface area contributed by atoms with E-state index in [2.05, 4.69) is 38.0 Å². The Morgan fingerprint density at radius 3 is 2.35 bits per heavy atom. The van der Waals surface area contributed by atoms with Gasteiger partial charge < -0.3 is 11.1 Å². The Hall–Kier alpha value is -0.730. The van der Waals surface area contributed by atoms with Gasteiger partial charge in [-0.1, -0.05) is 32.6 Å². The molecule has 0 aromatic carbocycles. The van der Waals surface area contributed by atoms with Crippen LogP contribution in [0.4, 0.5) is 0 Å². The van der Waals surface area contributed by atoms with Gasteiger partial charge in [-0.05, 0) is 39.0 Å². The molecule has 0 saturated heterocycles. The van der Waals surface area contributed by atoms with Crippen molar-refractivity contribution in [2.24, 2.45) is 22.6 Å². The first-order valence-electron chi connectivity index (χ1n) is 6.95. The first-order chi connectivity index (χ1) is 7.87. The molecule has 0 aliphatic heterocycles. The van der Waals surface area contributed by atoms with Gasteiger partial charge in [-0.25, -0.2) is 0 Å². The lowest BCUT2D eigenvalue weighted by Crippen LogP contribution is -2.45. The largest absolute Gasteiger partial charge is 0.370 e. The molecule has 17 heavy (non-hydrogen) atoms. The van der Waals surface area contributed by atoms with Gasteiger partial charge in [0.05, 0.1) is 0 Å². The van der Waals surface area contributed by atoms with Crippen LogP contribution in [-0.4, -0.2) is 18.0 Å². The third-order valence-corrected chi connectivity index (χ3v) is 3.46. The van der Waals surface area contributed by atoms with Crippen molar-refractivity contribution in [2.45, 2.75) is 65.3 Å². The van der Waals surface area contributed by atoms with Crippen LogP contribution in [0.25, 0.3) is 0 Å². The van der Waals surface area contributed by atoms with Crippen molar-refractivity contribution in [1.82, 2.24) is 5.32 Å². The van der Waals surface area contributed by atoms with Crippen molar-refractivity contribution in [3.8, 4) is 0 Å². The van der Waals surface area contributed by atoms with Crippen LogP contribution in [0.15, 0.2) is 4.99 Å². The summed E-state index contributed by atoms with van der Waals surface area (Å²) < 4.78 is 0. The Kier molecular flexibility index (Phi) is 5.29. The zero-order chi connectivity index (χ0) is 12.9. The van der Waals surface area contributed by atoms with E-state index in [1.807, 2.05) is 0 Å². The molecule has 1 aliphatic rings. The van der Waals surface area contributed by atoms with Crippen LogP contribution >= 0.6 is 0 Å². The minimum absolute atomic E-state index is 0.00779. The third-order valence-electron chi connectivity index (χ3n) is 3.46. The van der Waals surface area contributed by atoms with Crippen LogP contribution in [0, 0.1) is 11.8 Å². The number of hydrogen-bond donors (Lipinski definition) is 2. The van der Waals surface area contributed by atoms with Crippen LogP contribution < -0.4 is 11.1 Å². The normalized spacial score (nSPS) is 26.9. The predicted octanol–water partition coefficient (Wildman–Crippen LogP) is 2.91. The highest BCUT2D eigenvalue weighted by molar-refractivity contribution is 5.78. The Morgan fingerprint density at radius 2 is 1.82 bits per heavy atom. The summed E-state index contributed by atoms with van der Waals surface area (Å²) in [6, 6.07) is 0. The van der Waals surface area contributed by atoms with Crippen LogP contribution in [-0.2, 0) is 0 Å². The van der Waals surface area contributed by atoms with Gasteiger partial charge in [0.15, 0.2) is 5.96 Å². The zero-order valence-electron chi connectivity index (χ0n) is 11.9. The summed E-state index contributed by atoms with van der Waals surface area (Å²) in [5, 5.41) is 3.19. The minimum atomic E-state index is 0.00779. The van der Waals surface area contributed by atoms with Crippen molar-refractivity contribution in [2.75, 3.05) is 6.54 Å². The lowest BCUT2D eigenvalue weighted by molar-refractivity contribution is 0.280. The number of nitrogens with one attached hydrogen (secondary N) is 1.